The Morgan fingerprint density at radius 2 is 1.92 bits per heavy atom. The summed E-state index contributed by atoms with van der Waals surface area (Å²) in [4.78, 5) is 14.9. The fraction of sp³-hybridized carbons (Fsp3) is 0.476. The van der Waals surface area contributed by atoms with Crippen LogP contribution in [0.3, 0.4) is 0 Å². The molecule has 3 atom stereocenters. The first-order valence-corrected chi connectivity index (χ1v) is 9.15. The third-order valence-electron chi connectivity index (χ3n) is 5.57. The van der Waals surface area contributed by atoms with Gasteiger partial charge in [-0.15, -0.1) is 0 Å². The van der Waals surface area contributed by atoms with Crippen molar-refractivity contribution in [3.8, 4) is 11.5 Å². The summed E-state index contributed by atoms with van der Waals surface area (Å²) in [6, 6.07) is 7.53. The van der Waals surface area contributed by atoms with Gasteiger partial charge < -0.3 is 14.4 Å². The second-order valence-electron chi connectivity index (χ2n) is 7.45. The molecule has 0 saturated carbocycles. The lowest BCUT2D eigenvalue weighted by molar-refractivity contribution is -0.140. The molecule has 1 aromatic carbocycles. The molecule has 0 radical (unpaired) electrons. The van der Waals surface area contributed by atoms with Crippen molar-refractivity contribution in [3.05, 3.63) is 47.6 Å². The fourth-order valence-corrected chi connectivity index (χ4v) is 4.04. The first-order chi connectivity index (χ1) is 12.1. The van der Waals surface area contributed by atoms with Crippen molar-refractivity contribution in [1.29, 1.82) is 0 Å². The Bertz CT molecular complexity index is 736. The summed E-state index contributed by atoms with van der Waals surface area (Å²) < 4.78 is 11.6. The molecule has 3 aliphatic rings. The molecule has 1 aromatic rings. The normalized spacial score (nSPS) is 28.4. The van der Waals surface area contributed by atoms with Gasteiger partial charge in [-0.25, -0.2) is 0 Å². The van der Waals surface area contributed by atoms with Crippen LogP contribution in [0.4, 0.5) is 0 Å². The number of carbonyl (C=O) groups is 1. The van der Waals surface area contributed by atoms with E-state index in [4.69, 9.17) is 9.47 Å². The van der Waals surface area contributed by atoms with E-state index in [1.165, 1.54) is 11.1 Å². The second-order valence-corrected chi connectivity index (χ2v) is 7.45. The van der Waals surface area contributed by atoms with Gasteiger partial charge in [0.15, 0.2) is 11.5 Å². The topological polar surface area (TPSA) is 38.8 Å². The molecule has 4 rings (SSSR count). The van der Waals surface area contributed by atoms with E-state index in [2.05, 4.69) is 26.0 Å². The highest BCUT2D eigenvalue weighted by atomic mass is 16.6. The Labute approximate surface area is 149 Å². The lowest BCUT2D eigenvalue weighted by Gasteiger charge is -2.29. The van der Waals surface area contributed by atoms with Crippen LogP contribution in [0.15, 0.2) is 47.6 Å². The Kier molecular flexibility index (Phi) is 4.28. The van der Waals surface area contributed by atoms with E-state index in [1.54, 1.807) is 0 Å². The van der Waals surface area contributed by atoms with Crippen molar-refractivity contribution in [2.75, 3.05) is 19.7 Å². The van der Waals surface area contributed by atoms with E-state index < -0.39 is 6.10 Å². The van der Waals surface area contributed by atoms with Crippen LogP contribution in [-0.4, -0.2) is 36.6 Å². The minimum absolute atomic E-state index is 0.0481. The standard InChI is InChI=1S/C21H25NO3/c1-14-7-9-16(10-8-14)17-12-22(11-15(17)2)21(23)20-13-24-18-5-3-4-6-19(18)25-20/h3-7,9,15,17,20H,8,10-13H2,1-2H3. The van der Waals surface area contributed by atoms with E-state index in [0.29, 0.717) is 23.3 Å². The summed E-state index contributed by atoms with van der Waals surface area (Å²) >= 11 is 0. The predicted octanol–water partition coefficient (Wildman–Crippen LogP) is 3.59. The first-order valence-electron chi connectivity index (χ1n) is 9.15. The summed E-state index contributed by atoms with van der Waals surface area (Å²) in [6.07, 6.45) is 6.22. The Hall–Kier alpha value is -2.23. The molecule has 0 N–H and O–H groups in total. The molecule has 1 aliphatic carbocycles. The summed E-state index contributed by atoms with van der Waals surface area (Å²) in [5.41, 5.74) is 2.92. The van der Waals surface area contributed by atoms with Gasteiger partial charge >= 0.3 is 0 Å². The Balaban J connectivity index is 1.44. The number of allylic oxidation sites excluding steroid dienone is 3. The van der Waals surface area contributed by atoms with Gasteiger partial charge in [-0.05, 0) is 37.8 Å². The summed E-state index contributed by atoms with van der Waals surface area (Å²) in [5, 5.41) is 0. The van der Waals surface area contributed by atoms with Gasteiger partial charge in [-0.1, -0.05) is 42.4 Å². The van der Waals surface area contributed by atoms with Gasteiger partial charge in [0, 0.05) is 19.0 Å². The van der Waals surface area contributed by atoms with Crippen molar-refractivity contribution >= 4 is 5.91 Å². The van der Waals surface area contributed by atoms with E-state index in [1.807, 2.05) is 29.2 Å². The van der Waals surface area contributed by atoms with Gasteiger partial charge in [0.25, 0.3) is 5.91 Å². The quantitative estimate of drug-likeness (QED) is 0.826. The van der Waals surface area contributed by atoms with Gasteiger partial charge in [-0.3, -0.25) is 4.79 Å². The average Bonchev–Trinajstić information content (AvgIpc) is 3.03. The molecular formula is C21H25NO3. The molecule has 0 aromatic heterocycles. The number of likely N-dealkylation sites (tertiary alicyclic amines) is 1. The zero-order valence-electron chi connectivity index (χ0n) is 14.9. The number of para-hydroxylation sites is 2. The molecule has 0 bridgehead atoms. The van der Waals surface area contributed by atoms with Crippen LogP contribution in [0, 0.1) is 11.8 Å². The highest BCUT2D eigenvalue weighted by molar-refractivity contribution is 5.82. The summed E-state index contributed by atoms with van der Waals surface area (Å²) in [5.74, 6) is 2.37. The zero-order valence-corrected chi connectivity index (χ0v) is 14.9. The molecule has 132 valence electrons. The Morgan fingerprint density at radius 1 is 1.12 bits per heavy atom. The van der Waals surface area contributed by atoms with Gasteiger partial charge in [0.1, 0.15) is 6.61 Å². The smallest absolute Gasteiger partial charge is 0.267 e. The van der Waals surface area contributed by atoms with Crippen LogP contribution in [0.1, 0.15) is 26.7 Å². The molecule has 25 heavy (non-hydrogen) atoms. The SMILES string of the molecule is CC1=CC=C(C2CN(C(=O)C3COc4ccccc4O3)CC2C)CC1. The molecule has 4 nitrogen and oxygen atoms in total. The number of ether oxygens (including phenoxy) is 2. The third kappa shape index (κ3) is 3.17. The minimum Gasteiger partial charge on any atom is -0.485 e. The number of fused-ring (bicyclic) bond motifs is 1. The fourth-order valence-electron chi connectivity index (χ4n) is 4.04. The van der Waals surface area contributed by atoms with Crippen LogP contribution >= 0.6 is 0 Å². The number of nitrogens with zero attached hydrogens (tertiary/aromatic N) is 1. The van der Waals surface area contributed by atoms with Crippen molar-refractivity contribution in [2.24, 2.45) is 11.8 Å². The lowest BCUT2D eigenvalue weighted by Crippen LogP contribution is -2.45. The second kappa shape index (κ2) is 6.58. The van der Waals surface area contributed by atoms with Crippen molar-refractivity contribution in [1.82, 2.24) is 4.90 Å². The number of benzene rings is 1. The summed E-state index contributed by atoms with van der Waals surface area (Å²) in [7, 11) is 0. The van der Waals surface area contributed by atoms with Crippen LogP contribution in [-0.2, 0) is 4.79 Å². The molecular weight excluding hydrogens is 314 g/mol. The number of carbonyl (C=O) groups excluding carboxylic acids is 1. The largest absolute Gasteiger partial charge is 0.485 e. The van der Waals surface area contributed by atoms with Crippen LogP contribution < -0.4 is 9.47 Å². The maximum Gasteiger partial charge on any atom is 0.267 e. The predicted molar refractivity (Wildman–Crippen MR) is 96.7 cm³/mol. The van der Waals surface area contributed by atoms with E-state index in [0.717, 1.165) is 25.9 Å². The van der Waals surface area contributed by atoms with E-state index in [9.17, 15) is 4.79 Å². The maximum atomic E-state index is 12.9. The van der Waals surface area contributed by atoms with Gasteiger partial charge in [0.05, 0.1) is 0 Å². The van der Waals surface area contributed by atoms with Crippen molar-refractivity contribution < 1.29 is 14.3 Å². The highest BCUT2D eigenvalue weighted by Gasteiger charge is 2.39. The molecule has 1 fully saturated rings. The molecule has 1 saturated heterocycles. The Morgan fingerprint density at radius 3 is 2.68 bits per heavy atom. The van der Waals surface area contributed by atoms with Crippen molar-refractivity contribution in [3.63, 3.8) is 0 Å². The molecule has 4 heteroatoms. The maximum absolute atomic E-state index is 12.9. The number of amides is 1. The monoisotopic (exact) mass is 339 g/mol. The number of hydrogen-bond acceptors (Lipinski definition) is 3. The van der Waals surface area contributed by atoms with E-state index in [-0.39, 0.29) is 12.5 Å². The van der Waals surface area contributed by atoms with Gasteiger partial charge in [0.2, 0.25) is 6.10 Å². The molecule has 1 amide bonds. The number of rotatable bonds is 2. The molecule has 2 aliphatic heterocycles. The third-order valence-corrected chi connectivity index (χ3v) is 5.57. The highest BCUT2D eigenvalue weighted by Crippen LogP contribution is 2.36. The van der Waals surface area contributed by atoms with Crippen LogP contribution in [0.25, 0.3) is 0 Å². The first kappa shape index (κ1) is 16.2. The van der Waals surface area contributed by atoms with Crippen LogP contribution in [0.5, 0.6) is 11.5 Å². The zero-order chi connectivity index (χ0) is 17.4. The van der Waals surface area contributed by atoms with Crippen LogP contribution in [0.2, 0.25) is 0 Å². The molecule has 2 heterocycles. The number of hydrogen-bond donors (Lipinski definition) is 0. The van der Waals surface area contributed by atoms with Crippen molar-refractivity contribution in [2.45, 2.75) is 32.8 Å². The lowest BCUT2D eigenvalue weighted by atomic mass is 9.84. The minimum atomic E-state index is -0.539. The molecule has 0 spiro atoms. The summed E-state index contributed by atoms with van der Waals surface area (Å²) in [6.45, 7) is 6.30. The molecule has 3 unspecified atom stereocenters. The average molecular weight is 339 g/mol. The van der Waals surface area contributed by atoms with E-state index >= 15 is 0 Å². The van der Waals surface area contributed by atoms with Gasteiger partial charge in [-0.2, -0.15) is 0 Å².